The van der Waals surface area contributed by atoms with Crippen LogP contribution in [0.1, 0.15) is 64.7 Å². The lowest BCUT2D eigenvalue weighted by Crippen LogP contribution is -2.58. The summed E-state index contributed by atoms with van der Waals surface area (Å²) in [5.74, 6) is -0.875. The standard InChI is InChI=1S/C38H45N5O7S/c1-37(18-19-37)51(47,48)42-36(46)38-23-26(38)12-6-4-3-5-7-16-31(40-27-13-10-14-28(21-27)49-2)35(45)43-24-29(22-32(43)33(44)41-38)50-34-30-15-9-8-11-25(30)17-20-39-34/h6,8-15,17,20-21,26,29,31-32,40H,3-5,7,16,18-19,22-24H2,1-2H3,(H,41,44)(H,42,46)/t26-,29-,31+,32+,38-/m1/s1. The smallest absolute Gasteiger partial charge is 0.259 e. The van der Waals surface area contributed by atoms with Crippen molar-refractivity contribution < 1.29 is 32.3 Å². The van der Waals surface area contributed by atoms with E-state index in [2.05, 4.69) is 20.3 Å². The zero-order valence-electron chi connectivity index (χ0n) is 29.0. The maximum atomic E-state index is 14.6. The minimum absolute atomic E-state index is 0.118. The molecule has 2 aliphatic carbocycles. The lowest BCUT2D eigenvalue weighted by Gasteiger charge is -2.30. The number of sulfonamides is 1. The van der Waals surface area contributed by atoms with E-state index in [1.807, 2.05) is 66.7 Å². The van der Waals surface area contributed by atoms with E-state index in [9.17, 15) is 22.8 Å². The SMILES string of the molecule is COc1cccc(N[C@H]2CCCCCC=C[C@@H]3C[C@@]3(C(=O)NS(=O)(=O)C3(C)CC3)NC(=O)[C@@H]3C[C@@H](Oc4nccc5ccccc45)CN3C2=O)c1. The second-order valence-corrected chi connectivity index (χ2v) is 16.7. The van der Waals surface area contributed by atoms with Crippen LogP contribution in [0.15, 0.2) is 72.9 Å². The summed E-state index contributed by atoms with van der Waals surface area (Å²) in [6.07, 6.45) is 10.2. The molecule has 0 spiro atoms. The Morgan fingerprint density at radius 3 is 2.69 bits per heavy atom. The summed E-state index contributed by atoms with van der Waals surface area (Å²) < 4.78 is 39.4. The Morgan fingerprint density at radius 2 is 1.88 bits per heavy atom. The van der Waals surface area contributed by atoms with E-state index in [1.165, 1.54) is 0 Å². The summed E-state index contributed by atoms with van der Waals surface area (Å²) in [5.41, 5.74) is -0.738. The van der Waals surface area contributed by atoms with Gasteiger partial charge in [0, 0.05) is 35.7 Å². The molecule has 0 unspecified atom stereocenters. The van der Waals surface area contributed by atoms with E-state index < -0.39 is 50.3 Å². The van der Waals surface area contributed by atoms with Crippen LogP contribution in [0.5, 0.6) is 11.6 Å². The molecule has 5 atom stereocenters. The summed E-state index contributed by atoms with van der Waals surface area (Å²) in [6.45, 7) is 1.73. The number of carbonyl (C=O) groups excluding carboxylic acids is 3. The van der Waals surface area contributed by atoms with E-state index >= 15 is 0 Å². The van der Waals surface area contributed by atoms with Crippen molar-refractivity contribution in [3.63, 3.8) is 0 Å². The van der Waals surface area contributed by atoms with Gasteiger partial charge in [-0.05, 0) is 75.1 Å². The number of carbonyl (C=O) groups is 3. The number of nitrogens with zero attached hydrogens (tertiary/aromatic N) is 2. The van der Waals surface area contributed by atoms with Gasteiger partial charge in [-0.3, -0.25) is 19.1 Å². The predicted octanol–water partition coefficient (Wildman–Crippen LogP) is 4.47. The van der Waals surface area contributed by atoms with Gasteiger partial charge in [-0.1, -0.05) is 49.3 Å². The van der Waals surface area contributed by atoms with E-state index in [1.54, 1.807) is 25.1 Å². The third kappa shape index (κ3) is 7.13. The highest BCUT2D eigenvalue weighted by molar-refractivity contribution is 7.91. The third-order valence-electron chi connectivity index (χ3n) is 10.8. The van der Waals surface area contributed by atoms with Crippen LogP contribution >= 0.6 is 0 Å². The molecule has 0 radical (unpaired) electrons. The molecule has 4 aliphatic rings. The quantitative estimate of drug-likeness (QED) is 0.287. The Bertz CT molecular complexity index is 1960. The van der Waals surface area contributed by atoms with Gasteiger partial charge in [-0.15, -0.1) is 0 Å². The van der Waals surface area contributed by atoms with Crippen LogP contribution in [-0.4, -0.2) is 78.2 Å². The molecule has 1 saturated heterocycles. The van der Waals surface area contributed by atoms with Gasteiger partial charge in [0.1, 0.15) is 29.5 Å². The summed E-state index contributed by atoms with van der Waals surface area (Å²) in [7, 11) is -2.36. The Morgan fingerprint density at radius 1 is 1.06 bits per heavy atom. The monoisotopic (exact) mass is 715 g/mol. The number of rotatable bonds is 8. The Balaban J connectivity index is 1.20. The third-order valence-corrected chi connectivity index (χ3v) is 13.0. The topological polar surface area (TPSA) is 156 Å². The molecular formula is C38H45N5O7S. The van der Waals surface area contributed by atoms with Crippen molar-refractivity contribution >= 4 is 44.2 Å². The molecule has 2 aliphatic heterocycles. The number of pyridine rings is 1. The molecule has 3 fully saturated rings. The number of benzene rings is 2. The average Bonchev–Trinajstić information content (AvgIpc) is 4.00. The maximum absolute atomic E-state index is 14.6. The van der Waals surface area contributed by atoms with Crippen LogP contribution < -0.4 is 24.8 Å². The molecule has 12 nitrogen and oxygen atoms in total. The highest BCUT2D eigenvalue weighted by Gasteiger charge is 2.63. The lowest BCUT2D eigenvalue weighted by atomic mass is 10.0. The Labute approximate surface area is 298 Å². The first-order chi connectivity index (χ1) is 24.5. The van der Waals surface area contributed by atoms with Crippen LogP contribution in [0, 0.1) is 5.92 Å². The van der Waals surface area contributed by atoms with Gasteiger partial charge in [0.2, 0.25) is 27.7 Å². The molecule has 7 rings (SSSR count). The number of nitrogens with one attached hydrogen (secondary N) is 3. The number of ether oxygens (including phenoxy) is 2. The maximum Gasteiger partial charge on any atom is 0.259 e. The van der Waals surface area contributed by atoms with Gasteiger partial charge in [0.15, 0.2) is 0 Å². The Hall–Kier alpha value is -4.65. The van der Waals surface area contributed by atoms with Gasteiger partial charge in [0.25, 0.3) is 5.91 Å². The van der Waals surface area contributed by atoms with Gasteiger partial charge in [-0.2, -0.15) is 0 Å². The van der Waals surface area contributed by atoms with Crippen LogP contribution in [0.2, 0.25) is 0 Å². The first kappa shape index (κ1) is 34.8. The van der Waals surface area contributed by atoms with Crippen molar-refractivity contribution in [2.75, 3.05) is 19.0 Å². The predicted molar refractivity (Wildman–Crippen MR) is 193 cm³/mol. The molecular weight excluding hydrogens is 671 g/mol. The van der Waals surface area contributed by atoms with E-state index in [4.69, 9.17) is 9.47 Å². The number of methoxy groups -OCH3 is 1. The van der Waals surface area contributed by atoms with E-state index in [0.717, 1.165) is 36.5 Å². The van der Waals surface area contributed by atoms with Crippen molar-refractivity contribution in [3.8, 4) is 11.6 Å². The summed E-state index contributed by atoms with van der Waals surface area (Å²) >= 11 is 0. The molecule has 0 bridgehead atoms. The van der Waals surface area contributed by atoms with Gasteiger partial charge in [0.05, 0.1) is 18.4 Å². The van der Waals surface area contributed by atoms with Crippen LogP contribution in [0.4, 0.5) is 5.69 Å². The van der Waals surface area contributed by atoms with Crippen molar-refractivity contribution in [1.82, 2.24) is 19.9 Å². The van der Waals surface area contributed by atoms with E-state index in [-0.39, 0.29) is 31.2 Å². The van der Waals surface area contributed by atoms with Crippen molar-refractivity contribution in [3.05, 3.63) is 72.9 Å². The lowest BCUT2D eigenvalue weighted by molar-refractivity contribution is -0.140. The number of anilines is 1. The molecule has 2 saturated carbocycles. The molecule has 51 heavy (non-hydrogen) atoms. The molecule has 270 valence electrons. The first-order valence-corrected chi connectivity index (χ1v) is 19.3. The second-order valence-electron chi connectivity index (χ2n) is 14.5. The molecule has 3 aromatic rings. The average molecular weight is 716 g/mol. The van der Waals surface area contributed by atoms with Crippen LogP contribution in [0.25, 0.3) is 10.8 Å². The number of aromatic nitrogens is 1. The van der Waals surface area contributed by atoms with Crippen molar-refractivity contribution in [2.45, 2.75) is 93.2 Å². The number of fused-ring (bicyclic) bond motifs is 3. The minimum Gasteiger partial charge on any atom is -0.497 e. The summed E-state index contributed by atoms with van der Waals surface area (Å²) in [5, 5.41) is 8.11. The number of allylic oxidation sites excluding steroid dienone is 1. The highest BCUT2D eigenvalue weighted by Crippen LogP contribution is 2.47. The highest BCUT2D eigenvalue weighted by atomic mass is 32.2. The largest absolute Gasteiger partial charge is 0.497 e. The zero-order chi connectivity index (χ0) is 35.8. The van der Waals surface area contributed by atoms with Crippen LogP contribution in [0.3, 0.4) is 0 Å². The molecule has 3 N–H and O–H groups in total. The molecule has 2 aromatic carbocycles. The zero-order valence-corrected chi connectivity index (χ0v) is 29.8. The fourth-order valence-electron chi connectivity index (χ4n) is 7.20. The Kier molecular flexibility index (Phi) is 9.42. The molecule has 1 aromatic heterocycles. The number of hydrogen-bond donors (Lipinski definition) is 3. The summed E-state index contributed by atoms with van der Waals surface area (Å²) in [4.78, 5) is 48.8. The molecule has 3 heterocycles. The van der Waals surface area contributed by atoms with Gasteiger partial charge in [-0.25, -0.2) is 13.4 Å². The van der Waals surface area contributed by atoms with Gasteiger partial charge >= 0.3 is 0 Å². The molecule has 3 amide bonds. The molecule has 13 heteroatoms. The van der Waals surface area contributed by atoms with Crippen molar-refractivity contribution in [2.24, 2.45) is 5.92 Å². The fourth-order valence-corrected chi connectivity index (χ4v) is 8.52. The van der Waals surface area contributed by atoms with Crippen molar-refractivity contribution in [1.29, 1.82) is 0 Å². The minimum atomic E-state index is -3.94. The van der Waals surface area contributed by atoms with Crippen LogP contribution in [-0.2, 0) is 24.4 Å². The normalized spacial score (nSPS) is 27.6. The van der Waals surface area contributed by atoms with Gasteiger partial charge < -0.3 is 25.0 Å². The summed E-state index contributed by atoms with van der Waals surface area (Å²) in [6, 6.07) is 15.3. The second kappa shape index (κ2) is 13.8. The first-order valence-electron chi connectivity index (χ1n) is 17.8. The van der Waals surface area contributed by atoms with E-state index in [0.29, 0.717) is 36.6 Å². The fraction of sp³-hybridized carbons (Fsp3) is 0.474. The number of amides is 3. The number of hydrogen-bond acceptors (Lipinski definition) is 9.